The quantitative estimate of drug-likeness (QED) is 0.575. The van der Waals surface area contributed by atoms with Crippen LogP contribution in [0.15, 0.2) is 39.4 Å². The van der Waals surface area contributed by atoms with Gasteiger partial charge in [0.1, 0.15) is 4.21 Å². The Morgan fingerprint density at radius 2 is 1.84 bits per heavy atom. The highest BCUT2D eigenvalue weighted by atomic mass is 32.2. The van der Waals surface area contributed by atoms with E-state index >= 15 is 0 Å². The number of aryl methyl sites for hydroxylation is 1. The highest BCUT2D eigenvalue weighted by Gasteiger charge is 2.28. The first-order valence-electron chi connectivity index (χ1n) is 11.1. The van der Waals surface area contributed by atoms with Crippen LogP contribution in [0.25, 0.3) is 0 Å². The molecule has 2 heterocycles. The minimum Gasteiger partial charge on any atom is -0.326 e. The lowest BCUT2D eigenvalue weighted by Crippen LogP contribution is -2.27. The molecule has 1 aromatic heterocycles. The van der Waals surface area contributed by atoms with Crippen LogP contribution in [0, 0.1) is 6.92 Å². The summed E-state index contributed by atoms with van der Waals surface area (Å²) in [4.78, 5) is 14.6. The van der Waals surface area contributed by atoms with Crippen LogP contribution >= 0.6 is 23.1 Å². The van der Waals surface area contributed by atoms with Crippen molar-refractivity contribution in [2.45, 2.75) is 72.6 Å². The summed E-state index contributed by atoms with van der Waals surface area (Å²) in [6.07, 6.45) is 8.60. The van der Waals surface area contributed by atoms with Gasteiger partial charge in [0.25, 0.3) is 10.0 Å². The number of hydrogen-bond acceptors (Lipinski definition) is 5. The van der Waals surface area contributed by atoms with Crippen LogP contribution in [-0.4, -0.2) is 37.0 Å². The van der Waals surface area contributed by atoms with Gasteiger partial charge in [-0.2, -0.15) is 4.31 Å². The summed E-state index contributed by atoms with van der Waals surface area (Å²) in [7, 11) is -3.42. The summed E-state index contributed by atoms with van der Waals surface area (Å²) in [5, 5.41) is 3.70. The van der Waals surface area contributed by atoms with Crippen molar-refractivity contribution in [2.24, 2.45) is 0 Å². The standard InChI is InChI=1S/C23H30N2O3S3/c1-17-15-19(29-18-7-3-2-4-8-18)9-11-21(17)24-22(26)16-20-10-12-23(30-20)31(27,28)25-13-5-6-14-25/h9-12,15,18H,2-8,13-14,16H2,1H3,(H,24,26). The molecule has 1 aliphatic carbocycles. The number of thiophene rings is 1. The van der Waals surface area contributed by atoms with Crippen LogP contribution < -0.4 is 5.32 Å². The predicted octanol–water partition coefficient (Wildman–Crippen LogP) is 5.45. The molecular formula is C23H30N2O3S3. The average Bonchev–Trinajstić information content (AvgIpc) is 3.44. The molecule has 0 spiro atoms. The molecule has 31 heavy (non-hydrogen) atoms. The van der Waals surface area contributed by atoms with E-state index in [4.69, 9.17) is 0 Å². The maximum absolute atomic E-state index is 12.7. The van der Waals surface area contributed by atoms with E-state index in [0.717, 1.165) is 29.0 Å². The topological polar surface area (TPSA) is 66.5 Å². The maximum atomic E-state index is 12.7. The molecule has 1 amide bonds. The molecule has 0 atom stereocenters. The second kappa shape index (κ2) is 10.1. The largest absolute Gasteiger partial charge is 0.326 e. The third-order valence-corrected chi connectivity index (χ3v) is 10.7. The maximum Gasteiger partial charge on any atom is 0.252 e. The van der Waals surface area contributed by atoms with E-state index in [1.54, 1.807) is 16.4 Å². The summed E-state index contributed by atoms with van der Waals surface area (Å²) in [6.45, 7) is 3.20. The number of rotatable bonds is 7. The first-order chi connectivity index (χ1) is 14.9. The summed E-state index contributed by atoms with van der Waals surface area (Å²) in [5.74, 6) is -0.122. The van der Waals surface area contributed by atoms with Crippen molar-refractivity contribution in [3.05, 3.63) is 40.8 Å². The van der Waals surface area contributed by atoms with Gasteiger partial charge in [-0.1, -0.05) is 19.3 Å². The molecule has 2 aliphatic rings. The minimum absolute atomic E-state index is 0.122. The van der Waals surface area contributed by atoms with Gasteiger partial charge in [-0.15, -0.1) is 23.1 Å². The van der Waals surface area contributed by atoms with Gasteiger partial charge in [-0.3, -0.25) is 4.79 Å². The number of carbonyl (C=O) groups excluding carboxylic acids is 1. The van der Waals surface area contributed by atoms with Crippen molar-refractivity contribution in [1.82, 2.24) is 4.31 Å². The predicted molar refractivity (Wildman–Crippen MR) is 129 cm³/mol. The third kappa shape index (κ3) is 5.72. The van der Waals surface area contributed by atoms with Gasteiger partial charge in [0.15, 0.2) is 0 Å². The fourth-order valence-corrected chi connectivity index (χ4v) is 8.60. The molecule has 0 bridgehead atoms. The zero-order valence-corrected chi connectivity index (χ0v) is 20.4. The van der Waals surface area contributed by atoms with Crippen LogP contribution in [0.2, 0.25) is 0 Å². The van der Waals surface area contributed by atoms with Gasteiger partial charge >= 0.3 is 0 Å². The molecule has 1 aromatic carbocycles. The van der Waals surface area contributed by atoms with E-state index in [1.165, 1.54) is 48.3 Å². The minimum atomic E-state index is -3.42. The van der Waals surface area contributed by atoms with Crippen LogP contribution in [0.3, 0.4) is 0 Å². The highest BCUT2D eigenvalue weighted by Crippen LogP contribution is 2.35. The monoisotopic (exact) mass is 478 g/mol. The van der Waals surface area contributed by atoms with E-state index in [-0.39, 0.29) is 12.3 Å². The number of hydrogen-bond donors (Lipinski definition) is 1. The fourth-order valence-electron chi connectivity index (χ4n) is 4.23. The molecule has 0 radical (unpaired) electrons. The van der Waals surface area contributed by atoms with Crippen molar-refractivity contribution in [2.75, 3.05) is 18.4 Å². The molecule has 1 saturated carbocycles. The van der Waals surface area contributed by atoms with Gasteiger partial charge in [-0.25, -0.2) is 8.42 Å². The summed E-state index contributed by atoms with van der Waals surface area (Å²) >= 11 is 3.15. The molecule has 0 unspecified atom stereocenters. The lowest BCUT2D eigenvalue weighted by atomic mass is 10.0. The molecule has 8 heteroatoms. The molecule has 168 valence electrons. The van der Waals surface area contributed by atoms with Crippen LogP contribution in [-0.2, 0) is 21.2 Å². The van der Waals surface area contributed by atoms with Crippen LogP contribution in [0.1, 0.15) is 55.4 Å². The molecule has 4 rings (SSSR count). The molecule has 1 N–H and O–H groups in total. The number of amides is 1. The Morgan fingerprint density at radius 1 is 1.10 bits per heavy atom. The van der Waals surface area contributed by atoms with E-state index in [1.807, 2.05) is 24.8 Å². The van der Waals surface area contributed by atoms with Crippen molar-refractivity contribution in [1.29, 1.82) is 0 Å². The Morgan fingerprint density at radius 3 is 2.55 bits per heavy atom. The number of anilines is 1. The normalized spacial score (nSPS) is 18.4. The second-order valence-electron chi connectivity index (χ2n) is 8.41. The van der Waals surface area contributed by atoms with E-state index < -0.39 is 10.0 Å². The Bertz CT molecular complexity index is 1020. The SMILES string of the molecule is Cc1cc(SC2CCCCC2)ccc1NC(=O)Cc1ccc(S(=O)(=O)N2CCCC2)s1. The summed E-state index contributed by atoms with van der Waals surface area (Å²) in [6, 6.07) is 9.61. The van der Waals surface area contributed by atoms with Crippen molar-refractivity contribution in [3.8, 4) is 0 Å². The Kier molecular flexibility index (Phi) is 7.41. The zero-order chi connectivity index (χ0) is 21.8. The molecule has 2 aromatic rings. The number of nitrogens with one attached hydrogen (secondary N) is 1. The molecule has 5 nitrogen and oxygen atoms in total. The lowest BCUT2D eigenvalue weighted by molar-refractivity contribution is -0.115. The molecule has 2 fully saturated rings. The van der Waals surface area contributed by atoms with Crippen LogP contribution in [0.5, 0.6) is 0 Å². The summed E-state index contributed by atoms with van der Waals surface area (Å²) in [5.41, 5.74) is 1.87. The highest BCUT2D eigenvalue weighted by molar-refractivity contribution is 8.00. The van der Waals surface area contributed by atoms with Gasteiger partial charge in [0.05, 0.1) is 6.42 Å². The first kappa shape index (κ1) is 22.8. The summed E-state index contributed by atoms with van der Waals surface area (Å²) < 4.78 is 27.2. The molecule has 1 aliphatic heterocycles. The van der Waals surface area contributed by atoms with Gasteiger partial charge < -0.3 is 5.32 Å². The van der Waals surface area contributed by atoms with Crippen molar-refractivity contribution < 1.29 is 13.2 Å². The van der Waals surface area contributed by atoms with Crippen molar-refractivity contribution >= 4 is 44.7 Å². The van der Waals surface area contributed by atoms with Gasteiger partial charge in [0, 0.05) is 33.8 Å². The Hall–Kier alpha value is -1.35. The Labute approximate surface area is 193 Å². The number of benzene rings is 1. The first-order valence-corrected chi connectivity index (χ1v) is 14.2. The van der Waals surface area contributed by atoms with Crippen molar-refractivity contribution in [3.63, 3.8) is 0 Å². The van der Waals surface area contributed by atoms with Gasteiger partial charge in [-0.05, 0) is 68.5 Å². The second-order valence-corrected chi connectivity index (χ2v) is 13.1. The lowest BCUT2D eigenvalue weighted by Gasteiger charge is -2.21. The molecular weight excluding hydrogens is 448 g/mol. The van der Waals surface area contributed by atoms with E-state index in [0.29, 0.717) is 22.5 Å². The van der Waals surface area contributed by atoms with E-state index in [9.17, 15) is 13.2 Å². The number of sulfonamides is 1. The van der Waals surface area contributed by atoms with Crippen LogP contribution in [0.4, 0.5) is 5.69 Å². The zero-order valence-electron chi connectivity index (χ0n) is 17.9. The Balaban J connectivity index is 1.35. The fraction of sp³-hybridized carbons (Fsp3) is 0.522. The number of nitrogens with zero attached hydrogens (tertiary/aromatic N) is 1. The third-order valence-electron chi connectivity index (χ3n) is 5.96. The van der Waals surface area contributed by atoms with E-state index in [2.05, 4.69) is 17.4 Å². The number of thioether (sulfide) groups is 1. The number of carbonyl (C=O) groups is 1. The average molecular weight is 479 g/mol. The molecule has 1 saturated heterocycles. The van der Waals surface area contributed by atoms with Gasteiger partial charge in [0.2, 0.25) is 5.91 Å². The smallest absolute Gasteiger partial charge is 0.252 e.